The van der Waals surface area contributed by atoms with E-state index < -0.39 is 0 Å². The maximum Gasteiger partial charge on any atom is 0.174 e. The number of halogens is 1. The molecule has 0 saturated carbocycles. The molecule has 0 aromatic heterocycles. The van der Waals surface area contributed by atoms with Gasteiger partial charge in [0.2, 0.25) is 0 Å². The summed E-state index contributed by atoms with van der Waals surface area (Å²) in [6.07, 6.45) is 0. The van der Waals surface area contributed by atoms with E-state index >= 15 is 0 Å². The lowest BCUT2D eigenvalue weighted by molar-refractivity contribution is 0.298. The molecule has 0 aliphatic heterocycles. The third kappa shape index (κ3) is 2.88. The van der Waals surface area contributed by atoms with Gasteiger partial charge in [0.05, 0.1) is 12.2 Å². The second-order valence-corrected chi connectivity index (χ2v) is 3.62. The summed E-state index contributed by atoms with van der Waals surface area (Å²) in [6.45, 7) is 2.25. The quantitative estimate of drug-likeness (QED) is 0.850. The first-order chi connectivity index (χ1) is 7.72. The van der Waals surface area contributed by atoms with Crippen LogP contribution in [0.4, 0.5) is 0 Å². The lowest BCUT2D eigenvalue weighted by Crippen LogP contribution is -2.00. The van der Waals surface area contributed by atoms with E-state index in [9.17, 15) is 0 Å². The number of hydrogen-bond acceptors (Lipinski definition) is 4. The van der Waals surface area contributed by atoms with Gasteiger partial charge in [-0.3, -0.25) is 0 Å². The first-order valence-corrected chi connectivity index (χ1v) is 5.38. The van der Waals surface area contributed by atoms with Gasteiger partial charge in [0.15, 0.2) is 18.1 Å². The van der Waals surface area contributed by atoms with E-state index in [2.05, 4.69) is 15.9 Å². The lowest BCUT2D eigenvalue weighted by Gasteiger charge is -2.11. The number of nitrogens with zero attached hydrogens (tertiary/aromatic N) is 2. The molecule has 0 radical (unpaired) electrons. The van der Waals surface area contributed by atoms with Crippen LogP contribution in [-0.2, 0) is 0 Å². The van der Waals surface area contributed by atoms with Crippen LogP contribution in [0.25, 0.3) is 0 Å². The van der Waals surface area contributed by atoms with Crippen LogP contribution in [0.5, 0.6) is 11.5 Å². The Balaban J connectivity index is 3.10. The van der Waals surface area contributed by atoms with E-state index in [0.717, 1.165) is 0 Å². The van der Waals surface area contributed by atoms with E-state index in [0.29, 0.717) is 28.1 Å². The summed E-state index contributed by atoms with van der Waals surface area (Å²) in [5.74, 6) is 0.923. The van der Waals surface area contributed by atoms with E-state index in [1.165, 1.54) is 0 Å². The smallest absolute Gasteiger partial charge is 0.174 e. The van der Waals surface area contributed by atoms with Gasteiger partial charge >= 0.3 is 0 Å². The Morgan fingerprint density at radius 3 is 2.50 bits per heavy atom. The van der Waals surface area contributed by atoms with Crippen LogP contribution in [0.2, 0.25) is 0 Å². The highest BCUT2D eigenvalue weighted by Crippen LogP contribution is 2.33. The maximum absolute atomic E-state index is 8.85. The van der Waals surface area contributed by atoms with Gasteiger partial charge in [-0.25, -0.2) is 0 Å². The topological polar surface area (TPSA) is 66.0 Å². The molecule has 0 unspecified atom stereocenters. The summed E-state index contributed by atoms with van der Waals surface area (Å²) in [5.41, 5.74) is 0.466. The summed E-state index contributed by atoms with van der Waals surface area (Å²) in [4.78, 5) is 0. The van der Waals surface area contributed by atoms with Gasteiger partial charge in [0.1, 0.15) is 12.1 Å². The average Bonchev–Trinajstić information content (AvgIpc) is 2.29. The lowest BCUT2D eigenvalue weighted by atomic mass is 10.2. The molecule has 0 heterocycles. The molecule has 4 nitrogen and oxygen atoms in total. The van der Waals surface area contributed by atoms with Gasteiger partial charge in [-0.05, 0) is 28.9 Å². The van der Waals surface area contributed by atoms with Gasteiger partial charge < -0.3 is 9.47 Å². The molecule has 0 spiro atoms. The van der Waals surface area contributed by atoms with E-state index in [4.69, 9.17) is 20.0 Å². The predicted octanol–water partition coefficient (Wildman–Crippen LogP) is 2.62. The monoisotopic (exact) mass is 280 g/mol. The summed E-state index contributed by atoms with van der Waals surface area (Å²) < 4.78 is 11.1. The van der Waals surface area contributed by atoms with Crippen LogP contribution in [0, 0.1) is 22.7 Å². The second kappa shape index (κ2) is 5.99. The highest BCUT2D eigenvalue weighted by atomic mass is 79.9. The zero-order valence-electron chi connectivity index (χ0n) is 8.66. The summed E-state index contributed by atoms with van der Waals surface area (Å²) >= 11 is 3.24. The van der Waals surface area contributed by atoms with Crippen molar-refractivity contribution in [1.82, 2.24) is 0 Å². The summed E-state index contributed by atoms with van der Waals surface area (Å²) in [5, 5.41) is 17.3. The van der Waals surface area contributed by atoms with Gasteiger partial charge in [-0.2, -0.15) is 10.5 Å². The molecule has 0 atom stereocenters. The van der Waals surface area contributed by atoms with Crippen molar-refractivity contribution in [2.45, 2.75) is 6.92 Å². The van der Waals surface area contributed by atoms with Crippen LogP contribution in [0.15, 0.2) is 16.6 Å². The summed E-state index contributed by atoms with van der Waals surface area (Å²) in [6, 6.07) is 7.11. The Kier molecular flexibility index (Phi) is 4.63. The molecule has 0 aliphatic carbocycles. The third-order valence-electron chi connectivity index (χ3n) is 1.75. The Morgan fingerprint density at radius 1 is 1.25 bits per heavy atom. The fourth-order valence-electron chi connectivity index (χ4n) is 1.11. The molecule has 0 amide bonds. The van der Waals surface area contributed by atoms with Crippen molar-refractivity contribution in [3.63, 3.8) is 0 Å². The molecule has 5 heteroatoms. The molecule has 0 bridgehead atoms. The average molecular weight is 281 g/mol. The van der Waals surface area contributed by atoms with Gasteiger partial charge in [-0.15, -0.1) is 0 Å². The number of nitriles is 2. The van der Waals surface area contributed by atoms with Crippen molar-refractivity contribution >= 4 is 15.9 Å². The number of benzene rings is 1. The van der Waals surface area contributed by atoms with Crippen LogP contribution >= 0.6 is 15.9 Å². The number of rotatable bonds is 4. The molecule has 16 heavy (non-hydrogen) atoms. The first-order valence-electron chi connectivity index (χ1n) is 4.59. The number of hydrogen-bond donors (Lipinski definition) is 0. The standard InChI is InChI=1S/C11H9BrN2O2/c1-2-15-10-5-8(7-14)9(12)6-11(10)16-4-3-13/h5-6H,2,4H2,1H3. The molecule has 1 rings (SSSR count). The van der Waals surface area contributed by atoms with Crippen molar-refractivity contribution in [1.29, 1.82) is 10.5 Å². The van der Waals surface area contributed by atoms with Gasteiger partial charge in [-0.1, -0.05) is 0 Å². The van der Waals surface area contributed by atoms with Crippen molar-refractivity contribution < 1.29 is 9.47 Å². The largest absolute Gasteiger partial charge is 0.490 e. The summed E-state index contributed by atoms with van der Waals surface area (Å²) in [7, 11) is 0. The van der Waals surface area contributed by atoms with Crippen molar-refractivity contribution in [3.05, 3.63) is 22.2 Å². The SMILES string of the molecule is CCOc1cc(C#N)c(Br)cc1OCC#N. The minimum absolute atomic E-state index is 0.0571. The molecule has 0 N–H and O–H groups in total. The molecular weight excluding hydrogens is 272 g/mol. The normalized spacial score (nSPS) is 9.00. The van der Waals surface area contributed by atoms with Crippen LogP contribution < -0.4 is 9.47 Å². The molecule has 1 aromatic carbocycles. The Bertz CT molecular complexity index is 460. The van der Waals surface area contributed by atoms with Gasteiger partial charge in [0, 0.05) is 10.5 Å². The molecule has 1 aromatic rings. The minimum Gasteiger partial charge on any atom is -0.490 e. The van der Waals surface area contributed by atoms with Crippen molar-refractivity contribution in [2.24, 2.45) is 0 Å². The van der Waals surface area contributed by atoms with E-state index in [1.54, 1.807) is 12.1 Å². The molecule has 0 aliphatic rings. The van der Waals surface area contributed by atoms with Crippen LogP contribution in [-0.4, -0.2) is 13.2 Å². The third-order valence-corrected chi connectivity index (χ3v) is 2.40. The number of ether oxygens (including phenoxy) is 2. The Labute approximate surface area is 102 Å². The fourth-order valence-corrected chi connectivity index (χ4v) is 1.52. The van der Waals surface area contributed by atoms with Crippen LogP contribution in [0.1, 0.15) is 12.5 Å². The minimum atomic E-state index is -0.0571. The molecular formula is C11H9BrN2O2. The zero-order chi connectivity index (χ0) is 12.0. The van der Waals surface area contributed by atoms with Crippen molar-refractivity contribution in [2.75, 3.05) is 13.2 Å². The highest BCUT2D eigenvalue weighted by molar-refractivity contribution is 9.10. The molecule has 82 valence electrons. The molecule has 0 saturated heterocycles. The molecule has 0 fully saturated rings. The highest BCUT2D eigenvalue weighted by Gasteiger charge is 2.10. The van der Waals surface area contributed by atoms with E-state index in [-0.39, 0.29) is 6.61 Å². The first kappa shape index (κ1) is 12.4. The maximum atomic E-state index is 8.85. The van der Waals surface area contributed by atoms with Crippen LogP contribution in [0.3, 0.4) is 0 Å². The van der Waals surface area contributed by atoms with Crippen molar-refractivity contribution in [3.8, 4) is 23.6 Å². The van der Waals surface area contributed by atoms with Gasteiger partial charge in [0.25, 0.3) is 0 Å². The zero-order valence-corrected chi connectivity index (χ0v) is 10.2. The predicted molar refractivity (Wildman–Crippen MR) is 61.1 cm³/mol. The fraction of sp³-hybridized carbons (Fsp3) is 0.273. The Morgan fingerprint density at radius 2 is 1.94 bits per heavy atom. The Hall–Kier alpha value is -1.72. The second-order valence-electron chi connectivity index (χ2n) is 2.77. The van der Waals surface area contributed by atoms with E-state index in [1.807, 2.05) is 19.1 Å².